The number of hydrogen-bond acceptors (Lipinski definition) is 8. The summed E-state index contributed by atoms with van der Waals surface area (Å²) in [5, 5.41) is 17.2. The molecule has 2 amide bonds. The number of aromatic nitrogens is 5. The topological polar surface area (TPSA) is 130 Å². The monoisotopic (exact) mass is 490 g/mol. The maximum atomic E-state index is 12.9. The zero-order valence-corrected chi connectivity index (χ0v) is 20.3. The number of amides is 2. The van der Waals surface area contributed by atoms with E-state index in [0.717, 1.165) is 48.3 Å². The Morgan fingerprint density at radius 3 is 2.78 bits per heavy atom. The van der Waals surface area contributed by atoms with Crippen LogP contribution < -0.4 is 20.9 Å². The maximum absolute atomic E-state index is 12.9. The van der Waals surface area contributed by atoms with Gasteiger partial charge in [0, 0.05) is 55.1 Å². The summed E-state index contributed by atoms with van der Waals surface area (Å²) < 4.78 is 22.4. The molecule has 1 aliphatic heterocycles. The number of carbonyl (C=O) groups excluding carboxylic acids is 2. The molecule has 0 radical (unpaired) electrons. The van der Waals surface area contributed by atoms with Gasteiger partial charge in [-0.1, -0.05) is 6.42 Å². The summed E-state index contributed by atoms with van der Waals surface area (Å²) in [6.07, 6.45) is 7.07. The fraction of sp³-hybridized carbons (Fsp3) is 0.440. The molecule has 0 bridgehead atoms. The second-order valence-electron chi connectivity index (χ2n) is 9.92. The summed E-state index contributed by atoms with van der Waals surface area (Å²) >= 11 is 0. The average molecular weight is 491 g/mol. The maximum Gasteiger partial charge on any atom is 0.254 e. The molecule has 2 fully saturated rings. The molecular formula is C25H29N9O2. The first-order chi connectivity index (χ1) is 18.5. The predicted molar refractivity (Wildman–Crippen MR) is 135 cm³/mol. The minimum Gasteiger partial charge on any atom is -0.363 e. The lowest BCUT2D eigenvalue weighted by molar-refractivity contribution is -0.118. The van der Waals surface area contributed by atoms with Gasteiger partial charge in [-0.25, -0.2) is 9.97 Å². The van der Waals surface area contributed by atoms with Gasteiger partial charge in [0.15, 0.2) is 5.82 Å². The van der Waals surface area contributed by atoms with Crippen LogP contribution >= 0.6 is 0 Å². The highest BCUT2D eigenvalue weighted by Gasteiger charge is 2.60. The van der Waals surface area contributed by atoms with Crippen LogP contribution in [0.25, 0.3) is 11.3 Å². The van der Waals surface area contributed by atoms with Gasteiger partial charge in [0.25, 0.3) is 5.91 Å². The predicted octanol–water partition coefficient (Wildman–Crippen LogP) is 3.01. The van der Waals surface area contributed by atoms with E-state index >= 15 is 0 Å². The second kappa shape index (κ2) is 8.00. The Morgan fingerprint density at radius 2 is 2.06 bits per heavy atom. The normalized spacial score (nSPS) is 22.3. The highest BCUT2D eigenvalue weighted by atomic mass is 16.2. The average Bonchev–Trinajstić information content (AvgIpc) is 3.50. The highest BCUT2D eigenvalue weighted by molar-refractivity contribution is 6.02. The van der Waals surface area contributed by atoms with Crippen molar-refractivity contribution in [1.82, 2.24) is 30.3 Å². The molecular weight excluding hydrogens is 458 g/mol. The highest BCUT2D eigenvalue weighted by Crippen LogP contribution is 2.65. The lowest BCUT2D eigenvalue weighted by Gasteiger charge is -2.33. The van der Waals surface area contributed by atoms with E-state index in [9.17, 15) is 9.59 Å². The number of carbonyl (C=O) groups is 2. The molecule has 1 spiro atoms. The number of anilines is 4. The van der Waals surface area contributed by atoms with Crippen molar-refractivity contribution in [1.29, 1.82) is 0 Å². The van der Waals surface area contributed by atoms with Gasteiger partial charge in [-0.2, -0.15) is 15.0 Å². The number of nitrogens with zero attached hydrogens (tertiary/aromatic N) is 6. The molecule has 2 atom stereocenters. The van der Waals surface area contributed by atoms with E-state index in [0.29, 0.717) is 5.82 Å². The fourth-order valence-corrected chi connectivity index (χ4v) is 5.48. The molecule has 3 aromatic heterocycles. The van der Waals surface area contributed by atoms with Crippen LogP contribution in [0.3, 0.4) is 0 Å². The van der Waals surface area contributed by atoms with Gasteiger partial charge in [0.2, 0.25) is 5.91 Å². The summed E-state index contributed by atoms with van der Waals surface area (Å²) in [7, 11) is 3.68. The Morgan fingerprint density at radius 1 is 1.22 bits per heavy atom. The summed E-state index contributed by atoms with van der Waals surface area (Å²) in [5.41, 5.74) is 3.53. The SMILES string of the molecule is [2H]C([2H])([2H])NC(=O)c1cnc(NC(=O)[C@@H]2CC23CCC3)cc1Nc1nccc2c1N(C)[C@@H](C)c1nn(C)nc1-2. The quantitative estimate of drug-likeness (QED) is 0.498. The molecule has 11 heteroatoms. The second-order valence-corrected chi connectivity index (χ2v) is 9.92. The van der Waals surface area contributed by atoms with Crippen LogP contribution in [0.2, 0.25) is 0 Å². The summed E-state index contributed by atoms with van der Waals surface area (Å²) in [6, 6.07) is 3.28. The Labute approximate surface area is 212 Å². The third kappa shape index (κ3) is 3.41. The molecule has 0 saturated heterocycles. The fourth-order valence-electron chi connectivity index (χ4n) is 5.48. The van der Waals surface area contributed by atoms with Crippen LogP contribution in [0, 0.1) is 11.3 Å². The third-order valence-corrected chi connectivity index (χ3v) is 7.87. The molecule has 6 rings (SSSR count). The summed E-state index contributed by atoms with van der Waals surface area (Å²) in [4.78, 5) is 38.2. The van der Waals surface area contributed by atoms with Crippen LogP contribution in [-0.2, 0) is 11.8 Å². The molecule has 186 valence electrons. The van der Waals surface area contributed by atoms with Crippen LogP contribution in [0.5, 0.6) is 0 Å². The number of pyridine rings is 2. The first kappa shape index (κ1) is 19.2. The lowest BCUT2D eigenvalue weighted by atomic mass is 9.80. The Kier molecular flexibility index (Phi) is 4.27. The summed E-state index contributed by atoms with van der Waals surface area (Å²) in [5.74, 6) is -0.257. The Bertz CT molecular complexity index is 1500. The van der Waals surface area contributed by atoms with E-state index in [1.807, 2.05) is 30.3 Å². The molecule has 0 aromatic carbocycles. The van der Waals surface area contributed by atoms with E-state index in [-0.39, 0.29) is 40.4 Å². The molecule has 3 aliphatic rings. The third-order valence-electron chi connectivity index (χ3n) is 7.87. The molecule has 2 saturated carbocycles. The number of aryl methyl sites for hydroxylation is 1. The smallest absolute Gasteiger partial charge is 0.254 e. The molecule has 4 heterocycles. The van der Waals surface area contributed by atoms with E-state index < -0.39 is 12.9 Å². The molecule has 11 nitrogen and oxygen atoms in total. The minimum atomic E-state index is -2.69. The van der Waals surface area contributed by atoms with E-state index in [4.69, 9.17) is 4.11 Å². The van der Waals surface area contributed by atoms with Crippen molar-refractivity contribution in [3.63, 3.8) is 0 Å². The van der Waals surface area contributed by atoms with E-state index in [1.54, 1.807) is 13.2 Å². The van der Waals surface area contributed by atoms with Crippen LogP contribution in [0.4, 0.5) is 23.0 Å². The first-order valence-electron chi connectivity index (χ1n) is 13.5. The zero-order chi connectivity index (χ0) is 27.7. The van der Waals surface area contributed by atoms with Gasteiger partial charge in [0.1, 0.15) is 17.2 Å². The van der Waals surface area contributed by atoms with E-state index in [1.165, 1.54) is 17.1 Å². The molecule has 3 aromatic rings. The van der Waals surface area contributed by atoms with Crippen molar-refractivity contribution in [2.24, 2.45) is 18.4 Å². The number of fused-ring (bicyclic) bond motifs is 3. The first-order valence-corrected chi connectivity index (χ1v) is 12.0. The molecule has 0 unspecified atom stereocenters. The van der Waals surface area contributed by atoms with Crippen molar-refractivity contribution < 1.29 is 13.7 Å². The van der Waals surface area contributed by atoms with Gasteiger partial charge in [-0.3, -0.25) is 9.59 Å². The van der Waals surface area contributed by atoms with E-state index in [2.05, 4.69) is 30.8 Å². The van der Waals surface area contributed by atoms with Gasteiger partial charge in [-0.05, 0) is 37.7 Å². The van der Waals surface area contributed by atoms with Gasteiger partial charge >= 0.3 is 0 Å². The van der Waals surface area contributed by atoms with Crippen molar-refractivity contribution in [2.75, 3.05) is 29.6 Å². The van der Waals surface area contributed by atoms with Crippen molar-refractivity contribution in [3.8, 4) is 11.3 Å². The Balaban J connectivity index is 1.36. The lowest BCUT2D eigenvalue weighted by Crippen LogP contribution is -2.28. The van der Waals surface area contributed by atoms with Crippen molar-refractivity contribution >= 4 is 34.8 Å². The number of rotatable bonds is 5. The standard InChI is InChI=1S/C25H29N9O2/c1-13-19-20(32-34(4)31-19)14-6-9-27-22(21(14)33(13)3)29-17-10-18(28-12-15(17)23(35)26-2)30-24(36)16-11-25(16)7-5-8-25/h6,9-10,12-13,16H,5,7-8,11H2,1-4H3,(H,26,35)(H2,27,28,29,30,36)/t13-,16-/m0/s1/i2D3. The molecule has 2 aliphatic carbocycles. The number of nitrogens with one attached hydrogen (secondary N) is 3. The molecule has 36 heavy (non-hydrogen) atoms. The van der Waals surface area contributed by atoms with Gasteiger partial charge in [-0.15, -0.1) is 0 Å². The molecule has 3 N–H and O–H groups in total. The van der Waals surface area contributed by atoms with Crippen LogP contribution in [-0.4, -0.2) is 50.8 Å². The summed E-state index contributed by atoms with van der Waals surface area (Å²) in [6.45, 7) is -0.679. The largest absolute Gasteiger partial charge is 0.363 e. The van der Waals surface area contributed by atoms with Gasteiger partial charge < -0.3 is 20.9 Å². The van der Waals surface area contributed by atoms with Crippen LogP contribution in [0.1, 0.15) is 58.8 Å². The van der Waals surface area contributed by atoms with Crippen molar-refractivity contribution in [3.05, 3.63) is 35.8 Å². The number of hydrogen-bond donors (Lipinski definition) is 3. The van der Waals surface area contributed by atoms with Crippen molar-refractivity contribution in [2.45, 2.75) is 38.6 Å². The van der Waals surface area contributed by atoms with Gasteiger partial charge in [0.05, 0.1) is 23.0 Å². The minimum absolute atomic E-state index is 0.00267. The Hall–Kier alpha value is -4.02. The van der Waals surface area contributed by atoms with Crippen LogP contribution in [0.15, 0.2) is 24.5 Å². The zero-order valence-electron chi connectivity index (χ0n) is 23.3.